The summed E-state index contributed by atoms with van der Waals surface area (Å²) in [7, 11) is -2.29. The number of hydrogen-bond acceptors (Lipinski definition) is 4. The van der Waals surface area contributed by atoms with Crippen LogP contribution in [-0.2, 0) is 21.3 Å². The third-order valence-electron chi connectivity index (χ3n) is 4.03. The van der Waals surface area contributed by atoms with Crippen LogP contribution >= 0.6 is 15.9 Å². The molecule has 0 heterocycles. The first-order chi connectivity index (χ1) is 13.3. The Bertz CT molecular complexity index is 937. The van der Waals surface area contributed by atoms with Gasteiger partial charge in [0.1, 0.15) is 5.82 Å². The van der Waals surface area contributed by atoms with Crippen molar-refractivity contribution in [2.24, 2.45) is 0 Å². The molecule has 0 aliphatic heterocycles. The molecule has 0 fully saturated rings. The molecule has 9 heteroatoms. The molecule has 0 radical (unpaired) electrons. The average Bonchev–Trinajstić information content (AvgIpc) is 2.68. The molecule has 0 aliphatic carbocycles. The molecule has 28 heavy (non-hydrogen) atoms. The summed E-state index contributed by atoms with van der Waals surface area (Å²) < 4.78 is 46.7. The summed E-state index contributed by atoms with van der Waals surface area (Å²) in [6.07, 6.45) is 0. The smallest absolute Gasteiger partial charge is 0.254 e. The van der Waals surface area contributed by atoms with E-state index in [-0.39, 0.29) is 36.1 Å². The van der Waals surface area contributed by atoms with Crippen molar-refractivity contribution in [1.29, 1.82) is 0 Å². The number of sulfonamides is 1. The molecule has 2 aromatic carbocycles. The van der Waals surface area contributed by atoms with Gasteiger partial charge in [0.05, 0.1) is 11.5 Å². The van der Waals surface area contributed by atoms with E-state index >= 15 is 0 Å². The molecule has 2 aromatic rings. The number of nitrogens with zero attached hydrogens (tertiary/aromatic N) is 1. The summed E-state index contributed by atoms with van der Waals surface area (Å²) in [6.45, 7) is 2.55. The van der Waals surface area contributed by atoms with Crippen molar-refractivity contribution >= 4 is 31.9 Å². The molecule has 0 unspecified atom stereocenters. The lowest BCUT2D eigenvalue weighted by Gasteiger charge is -2.22. The van der Waals surface area contributed by atoms with E-state index in [2.05, 4.69) is 20.7 Å². The van der Waals surface area contributed by atoms with Crippen molar-refractivity contribution in [1.82, 2.24) is 9.62 Å². The highest BCUT2D eigenvalue weighted by atomic mass is 79.9. The normalized spacial score (nSPS) is 11.4. The predicted molar refractivity (Wildman–Crippen MR) is 108 cm³/mol. The van der Waals surface area contributed by atoms with E-state index in [1.54, 1.807) is 19.1 Å². The number of methoxy groups -OCH3 is 1. The second-order valence-electron chi connectivity index (χ2n) is 5.97. The van der Waals surface area contributed by atoms with Crippen LogP contribution in [0, 0.1) is 5.82 Å². The third kappa shape index (κ3) is 5.84. The number of carbonyl (C=O) groups is 1. The highest BCUT2D eigenvalue weighted by Gasteiger charge is 2.20. The Balaban J connectivity index is 2.23. The van der Waals surface area contributed by atoms with Crippen LogP contribution in [0.25, 0.3) is 0 Å². The number of rotatable bonds is 9. The van der Waals surface area contributed by atoms with Crippen molar-refractivity contribution in [2.45, 2.75) is 18.4 Å². The van der Waals surface area contributed by atoms with E-state index in [0.29, 0.717) is 16.6 Å². The molecule has 0 bridgehead atoms. The highest BCUT2D eigenvalue weighted by Crippen LogP contribution is 2.19. The molecule has 0 saturated carbocycles. The summed E-state index contributed by atoms with van der Waals surface area (Å²) in [5.41, 5.74) is 0.585. The minimum Gasteiger partial charge on any atom is -0.383 e. The van der Waals surface area contributed by atoms with E-state index in [1.165, 1.54) is 42.3 Å². The standard InChI is InChI=1S/C19H22BrFN2O4S/c1-3-23(13-15-11-16(20)7-8-18(15)21)19(24)14-5-4-6-17(12-14)28(25,26)22-9-10-27-2/h4-8,11-12,22H,3,9-10,13H2,1-2H3. The predicted octanol–water partition coefficient (Wildman–Crippen LogP) is 3.18. The lowest BCUT2D eigenvalue weighted by Crippen LogP contribution is -2.31. The fraction of sp³-hybridized carbons (Fsp3) is 0.316. The van der Waals surface area contributed by atoms with E-state index in [0.717, 1.165) is 0 Å². The largest absolute Gasteiger partial charge is 0.383 e. The maximum Gasteiger partial charge on any atom is 0.254 e. The second-order valence-corrected chi connectivity index (χ2v) is 8.66. The summed E-state index contributed by atoms with van der Waals surface area (Å²) in [6, 6.07) is 10.3. The first kappa shape index (κ1) is 22.5. The quantitative estimate of drug-likeness (QED) is 0.568. The number of benzene rings is 2. The molecule has 0 spiro atoms. The molecular formula is C19H22BrFN2O4S. The maximum absolute atomic E-state index is 14.0. The van der Waals surface area contributed by atoms with Gasteiger partial charge in [-0.15, -0.1) is 0 Å². The van der Waals surface area contributed by atoms with Gasteiger partial charge in [-0.1, -0.05) is 22.0 Å². The summed E-state index contributed by atoms with van der Waals surface area (Å²) in [4.78, 5) is 14.3. The van der Waals surface area contributed by atoms with Crippen LogP contribution < -0.4 is 4.72 Å². The molecular weight excluding hydrogens is 451 g/mol. The van der Waals surface area contributed by atoms with Crippen molar-refractivity contribution in [3.05, 3.63) is 63.9 Å². The van der Waals surface area contributed by atoms with E-state index in [4.69, 9.17) is 4.74 Å². The van der Waals surface area contributed by atoms with E-state index in [1.807, 2.05) is 0 Å². The lowest BCUT2D eigenvalue weighted by atomic mass is 10.1. The maximum atomic E-state index is 14.0. The summed E-state index contributed by atoms with van der Waals surface area (Å²) >= 11 is 3.29. The van der Waals surface area contributed by atoms with Crippen molar-refractivity contribution < 1.29 is 22.3 Å². The molecule has 1 N–H and O–H groups in total. The number of nitrogens with one attached hydrogen (secondary N) is 1. The SMILES string of the molecule is CCN(Cc1cc(Br)ccc1F)C(=O)c1cccc(S(=O)(=O)NCCOC)c1. The number of hydrogen-bond donors (Lipinski definition) is 1. The molecule has 0 aromatic heterocycles. The number of amides is 1. The Morgan fingerprint density at radius 2 is 2.00 bits per heavy atom. The van der Waals surface area contributed by atoms with Crippen LogP contribution in [0.3, 0.4) is 0 Å². The van der Waals surface area contributed by atoms with Gasteiger partial charge in [-0.3, -0.25) is 4.79 Å². The third-order valence-corrected chi connectivity index (χ3v) is 5.98. The van der Waals surface area contributed by atoms with Crippen LogP contribution in [0.4, 0.5) is 4.39 Å². The van der Waals surface area contributed by atoms with Gasteiger partial charge < -0.3 is 9.64 Å². The molecule has 0 aliphatic rings. The zero-order chi connectivity index (χ0) is 20.7. The number of ether oxygens (including phenoxy) is 1. The van der Waals surface area contributed by atoms with Crippen LogP contribution in [0.2, 0.25) is 0 Å². The Hall–Kier alpha value is -1.81. The molecule has 0 atom stereocenters. The van der Waals surface area contributed by atoms with Crippen molar-refractivity contribution in [3.8, 4) is 0 Å². The molecule has 1 amide bonds. The minimum atomic E-state index is -3.76. The lowest BCUT2D eigenvalue weighted by molar-refractivity contribution is 0.0751. The summed E-state index contributed by atoms with van der Waals surface area (Å²) in [5.74, 6) is -0.788. The Morgan fingerprint density at radius 1 is 1.25 bits per heavy atom. The van der Waals surface area contributed by atoms with Gasteiger partial charge in [0.15, 0.2) is 0 Å². The first-order valence-electron chi connectivity index (χ1n) is 8.60. The molecule has 0 saturated heterocycles. The Morgan fingerprint density at radius 3 is 2.68 bits per heavy atom. The molecule has 2 rings (SSSR count). The van der Waals surface area contributed by atoms with Gasteiger partial charge in [0.25, 0.3) is 5.91 Å². The van der Waals surface area contributed by atoms with Gasteiger partial charge >= 0.3 is 0 Å². The van der Waals surface area contributed by atoms with Gasteiger partial charge in [-0.05, 0) is 43.3 Å². The van der Waals surface area contributed by atoms with Crippen LogP contribution in [0.1, 0.15) is 22.8 Å². The van der Waals surface area contributed by atoms with Crippen molar-refractivity contribution in [3.63, 3.8) is 0 Å². The monoisotopic (exact) mass is 472 g/mol. The van der Waals surface area contributed by atoms with Crippen LogP contribution in [0.5, 0.6) is 0 Å². The Kier molecular flexibility index (Phi) is 8.11. The van der Waals surface area contributed by atoms with Gasteiger partial charge in [0.2, 0.25) is 10.0 Å². The van der Waals surface area contributed by atoms with Crippen molar-refractivity contribution in [2.75, 3.05) is 26.8 Å². The second kappa shape index (κ2) is 10.1. The van der Waals surface area contributed by atoms with E-state index in [9.17, 15) is 17.6 Å². The average molecular weight is 473 g/mol. The fourth-order valence-corrected chi connectivity index (χ4v) is 4.00. The van der Waals surface area contributed by atoms with E-state index < -0.39 is 15.8 Å². The van der Waals surface area contributed by atoms with Gasteiger partial charge in [0, 0.05) is 42.3 Å². The first-order valence-corrected chi connectivity index (χ1v) is 10.9. The zero-order valence-electron chi connectivity index (χ0n) is 15.6. The number of halogens is 2. The summed E-state index contributed by atoms with van der Waals surface area (Å²) in [5, 5.41) is 0. The van der Waals surface area contributed by atoms with Crippen LogP contribution in [0.15, 0.2) is 51.8 Å². The highest BCUT2D eigenvalue weighted by molar-refractivity contribution is 9.10. The molecule has 6 nitrogen and oxygen atoms in total. The number of carbonyl (C=O) groups excluding carboxylic acids is 1. The fourth-order valence-electron chi connectivity index (χ4n) is 2.54. The van der Waals surface area contributed by atoms with Crippen LogP contribution in [-0.4, -0.2) is 46.0 Å². The topological polar surface area (TPSA) is 75.7 Å². The zero-order valence-corrected chi connectivity index (χ0v) is 18.0. The van der Waals surface area contributed by atoms with Gasteiger partial charge in [-0.25, -0.2) is 17.5 Å². The molecule has 152 valence electrons. The van der Waals surface area contributed by atoms with Gasteiger partial charge in [-0.2, -0.15) is 0 Å². The Labute approximate surface area is 172 Å². The minimum absolute atomic E-state index is 0.0147.